The van der Waals surface area contributed by atoms with E-state index in [4.69, 9.17) is 0 Å². The molecule has 1 aliphatic carbocycles. The van der Waals surface area contributed by atoms with Gasteiger partial charge in [-0.3, -0.25) is 19.0 Å². The van der Waals surface area contributed by atoms with Crippen LogP contribution in [-0.4, -0.2) is 63.1 Å². The average molecular weight is 601 g/mol. The number of nitrogens with zero attached hydrogens (tertiary/aromatic N) is 5. The van der Waals surface area contributed by atoms with E-state index in [1.807, 2.05) is 54.4 Å². The van der Waals surface area contributed by atoms with Crippen molar-refractivity contribution in [3.8, 4) is 16.8 Å². The molecule has 1 amide bonds. The molecule has 0 radical (unpaired) electrons. The second kappa shape index (κ2) is 11.5. The number of aromatic nitrogens is 3. The summed E-state index contributed by atoms with van der Waals surface area (Å²) in [6.45, 7) is 5.07. The Bertz CT molecular complexity index is 2050. The van der Waals surface area contributed by atoms with Gasteiger partial charge in [0.05, 0.1) is 11.3 Å². The third kappa shape index (κ3) is 5.55. The molecule has 2 aromatic carbocycles. The Labute approximate surface area is 261 Å². The molecule has 7 rings (SSSR count). The zero-order valence-corrected chi connectivity index (χ0v) is 25.8. The van der Waals surface area contributed by atoms with E-state index < -0.39 is 0 Å². The lowest BCUT2D eigenvalue weighted by molar-refractivity contribution is 0.0663. The van der Waals surface area contributed by atoms with Gasteiger partial charge >= 0.3 is 0 Å². The van der Waals surface area contributed by atoms with E-state index in [9.17, 15) is 14.4 Å². The van der Waals surface area contributed by atoms with E-state index in [1.54, 1.807) is 36.1 Å². The smallest absolute Gasteiger partial charge is 0.274 e. The second-order valence-corrected chi connectivity index (χ2v) is 12.3. The van der Waals surface area contributed by atoms with Crippen LogP contribution in [0.4, 0.5) is 11.5 Å². The van der Waals surface area contributed by atoms with Gasteiger partial charge in [0.25, 0.3) is 17.0 Å². The number of hydrogen-bond acceptors (Lipinski definition) is 6. The van der Waals surface area contributed by atoms with Crippen LogP contribution in [0.25, 0.3) is 27.6 Å². The number of hydrogen-bond donors (Lipinski definition) is 1. The molecular weight excluding hydrogens is 564 g/mol. The van der Waals surface area contributed by atoms with E-state index in [0.717, 1.165) is 40.9 Å². The summed E-state index contributed by atoms with van der Waals surface area (Å²) in [5.41, 5.74) is 5.36. The number of fused-ring (bicyclic) bond motifs is 1. The summed E-state index contributed by atoms with van der Waals surface area (Å²) in [4.78, 5) is 48.2. The Morgan fingerprint density at radius 3 is 2.44 bits per heavy atom. The van der Waals surface area contributed by atoms with Crippen LogP contribution in [0.3, 0.4) is 0 Å². The maximum Gasteiger partial charge on any atom is 0.274 e. The van der Waals surface area contributed by atoms with Crippen LogP contribution < -0.4 is 16.4 Å². The summed E-state index contributed by atoms with van der Waals surface area (Å²) < 4.78 is 3.24. The van der Waals surface area contributed by atoms with Crippen LogP contribution in [0.15, 0.2) is 88.8 Å². The molecule has 5 aromatic rings. The maximum atomic E-state index is 13.6. The maximum absolute atomic E-state index is 13.6. The van der Waals surface area contributed by atoms with Gasteiger partial charge < -0.3 is 19.7 Å². The SMILES string of the molecule is Cc1c(-c2cc(Nc3ccc(C(=O)N4CCN(C)CC4)cn3)c(=O)n(C)c2)cccc1-n1ccc2cc(C3CC3)ccc2c1=O. The Balaban J connectivity index is 1.17. The third-order valence-electron chi connectivity index (χ3n) is 9.10. The molecule has 1 N–H and O–H groups in total. The summed E-state index contributed by atoms with van der Waals surface area (Å²) in [6, 6.07) is 19.3. The third-order valence-corrected chi connectivity index (χ3v) is 9.10. The van der Waals surface area contributed by atoms with Crippen molar-refractivity contribution in [3.05, 3.63) is 117 Å². The highest BCUT2D eigenvalue weighted by atomic mass is 16.2. The first-order valence-corrected chi connectivity index (χ1v) is 15.4. The zero-order chi connectivity index (χ0) is 31.2. The van der Waals surface area contributed by atoms with Crippen LogP contribution in [0.1, 0.15) is 40.2 Å². The first-order chi connectivity index (χ1) is 21.8. The van der Waals surface area contributed by atoms with Gasteiger partial charge in [-0.15, -0.1) is 0 Å². The summed E-state index contributed by atoms with van der Waals surface area (Å²) in [6.07, 6.45) is 7.65. The fourth-order valence-electron chi connectivity index (χ4n) is 6.20. The number of carbonyl (C=O) groups is 1. The minimum Gasteiger partial charge on any atom is -0.336 e. The fraction of sp³-hybridized carbons (Fsp3) is 0.278. The van der Waals surface area contributed by atoms with Crippen molar-refractivity contribution >= 4 is 28.2 Å². The van der Waals surface area contributed by atoms with Gasteiger partial charge in [0.2, 0.25) is 0 Å². The number of piperazine rings is 1. The van der Waals surface area contributed by atoms with Crippen molar-refractivity contribution in [2.45, 2.75) is 25.7 Å². The van der Waals surface area contributed by atoms with Gasteiger partial charge in [-0.1, -0.05) is 24.3 Å². The van der Waals surface area contributed by atoms with Crippen LogP contribution in [-0.2, 0) is 7.05 Å². The molecule has 3 aromatic heterocycles. The van der Waals surface area contributed by atoms with Crippen molar-refractivity contribution in [1.29, 1.82) is 0 Å². The summed E-state index contributed by atoms with van der Waals surface area (Å²) >= 11 is 0. The van der Waals surface area contributed by atoms with E-state index >= 15 is 0 Å². The topological polar surface area (TPSA) is 92.5 Å². The molecule has 228 valence electrons. The minimum atomic E-state index is -0.205. The van der Waals surface area contributed by atoms with Gasteiger partial charge in [-0.2, -0.15) is 0 Å². The number of likely N-dealkylation sites (N-methyl/N-ethyl adjacent to an activating group) is 1. The molecule has 0 spiro atoms. The van der Waals surface area contributed by atoms with Gasteiger partial charge in [-0.25, -0.2) is 4.98 Å². The molecular formula is C36H36N6O3. The molecule has 0 unspecified atom stereocenters. The number of aryl methyl sites for hydroxylation is 1. The van der Waals surface area contributed by atoms with Crippen molar-refractivity contribution in [1.82, 2.24) is 23.9 Å². The average Bonchev–Trinajstić information content (AvgIpc) is 3.90. The summed E-state index contributed by atoms with van der Waals surface area (Å²) in [5.74, 6) is 1.06. The highest BCUT2D eigenvalue weighted by Gasteiger charge is 2.24. The predicted octanol–water partition coefficient (Wildman–Crippen LogP) is 5.07. The highest BCUT2D eigenvalue weighted by molar-refractivity contribution is 5.94. The molecule has 9 nitrogen and oxygen atoms in total. The normalized spacial score (nSPS) is 15.4. The quantitative estimate of drug-likeness (QED) is 0.293. The fourth-order valence-corrected chi connectivity index (χ4v) is 6.20. The lowest BCUT2D eigenvalue weighted by atomic mass is 9.99. The Morgan fingerprint density at radius 2 is 1.71 bits per heavy atom. The molecule has 1 saturated heterocycles. The van der Waals surface area contributed by atoms with E-state index in [-0.39, 0.29) is 17.0 Å². The molecule has 1 saturated carbocycles. The molecule has 4 heterocycles. The van der Waals surface area contributed by atoms with Gasteiger partial charge in [0, 0.05) is 62.8 Å². The van der Waals surface area contributed by atoms with Crippen LogP contribution >= 0.6 is 0 Å². The monoisotopic (exact) mass is 600 g/mol. The van der Waals surface area contributed by atoms with E-state index in [0.29, 0.717) is 41.5 Å². The summed E-state index contributed by atoms with van der Waals surface area (Å²) in [7, 11) is 3.77. The summed E-state index contributed by atoms with van der Waals surface area (Å²) in [5, 5.41) is 4.82. The lowest BCUT2D eigenvalue weighted by Gasteiger charge is -2.32. The number of rotatable bonds is 6. The van der Waals surface area contributed by atoms with Crippen molar-refractivity contribution in [3.63, 3.8) is 0 Å². The zero-order valence-electron chi connectivity index (χ0n) is 25.8. The lowest BCUT2D eigenvalue weighted by Crippen LogP contribution is -2.47. The van der Waals surface area contributed by atoms with Crippen molar-refractivity contribution in [2.75, 3.05) is 38.5 Å². The Morgan fingerprint density at radius 1 is 0.911 bits per heavy atom. The Hall–Kier alpha value is -5.02. The van der Waals surface area contributed by atoms with E-state index in [1.165, 1.54) is 23.0 Å². The molecule has 1 aliphatic heterocycles. The standard InChI is InChI=1S/C36H36N6O3/c1-23-29(5-4-6-32(23)42-14-13-26-19-25(24-7-8-24)9-11-30(26)35(42)44)28-20-31(36(45)40(3)22-28)38-33-12-10-27(21-37-33)34(43)41-17-15-39(2)16-18-41/h4-6,9-14,19-22,24H,7-8,15-18H2,1-3H3,(H,37,38). The first-order valence-electron chi connectivity index (χ1n) is 15.4. The van der Waals surface area contributed by atoms with Gasteiger partial charge in [-0.05, 0) is 91.2 Å². The van der Waals surface area contributed by atoms with E-state index in [2.05, 4.69) is 34.4 Å². The molecule has 0 bridgehead atoms. The predicted molar refractivity (Wildman–Crippen MR) is 178 cm³/mol. The van der Waals surface area contributed by atoms with Crippen LogP contribution in [0.2, 0.25) is 0 Å². The van der Waals surface area contributed by atoms with Crippen LogP contribution in [0.5, 0.6) is 0 Å². The number of carbonyl (C=O) groups excluding carboxylic acids is 1. The highest BCUT2D eigenvalue weighted by Crippen LogP contribution is 2.40. The number of benzene rings is 2. The molecule has 0 atom stereocenters. The number of pyridine rings is 3. The molecule has 45 heavy (non-hydrogen) atoms. The molecule has 9 heteroatoms. The van der Waals surface area contributed by atoms with Crippen molar-refractivity contribution < 1.29 is 4.79 Å². The second-order valence-electron chi connectivity index (χ2n) is 12.3. The largest absolute Gasteiger partial charge is 0.336 e. The molecule has 2 aliphatic rings. The first kappa shape index (κ1) is 28.7. The molecule has 2 fully saturated rings. The number of nitrogens with one attached hydrogen (secondary N) is 1. The van der Waals surface area contributed by atoms with Gasteiger partial charge in [0.1, 0.15) is 11.5 Å². The number of amides is 1. The minimum absolute atomic E-state index is 0.0380. The number of anilines is 2. The Kier molecular flexibility index (Phi) is 7.33. The van der Waals surface area contributed by atoms with Gasteiger partial charge in [0.15, 0.2) is 0 Å². The van der Waals surface area contributed by atoms with Crippen LogP contribution in [0, 0.1) is 6.92 Å². The van der Waals surface area contributed by atoms with Crippen molar-refractivity contribution in [2.24, 2.45) is 7.05 Å².